The van der Waals surface area contributed by atoms with E-state index < -0.39 is 5.69 Å². The van der Waals surface area contributed by atoms with Gasteiger partial charge in [-0.1, -0.05) is 24.3 Å². The zero-order chi connectivity index (χ0) is 17.9. The highest BCUT2D eigenvalue weighted by molar-refractivity contribution is 5.75. The van der Waals surface area contributed by atoms with Gasteiger partial charge in [-0.3, -0.25) is 4.79 Å². The fraction of sp³-hybridized carbons (Fsp3) is 0.176. The Labute approximate surface area is 147 Å². The van der Waals surface area contributed by atoms with Gasteiger partial charge in [0.15, 0.2) is 11.5 Å². The van der Waals surface area contributed by atoms with Crippen LogP contribution in [-0.4, -0.2) is 32.5 Å². The lowest BCUT2D eigenvalue weighted by Crippen LogP contribution is -2.33. The Hall–Kier alpha value is -3.62. The fourth-order valence-electron chi connectivity index (χ4n) is 2.55. The van der Waals surface area contributed by atoms with Crippen LogP contribution in [0.2, 0.25) is 0 Å². The van der Waals surface area contributed by atoms with Gasteiger partial charge in [0.2, 0.25) is 12.7 Å². The summed E-state index contributed by atoms with van der Waals surface area (Å²) < 4.78 is 12.7. The molecule has 4 rings (SSSR count). The Balaban J connectivity index is 1.40. The molecule has 2 aromatic carbocycles. The molecule has 3 aromatic rings. The third-order valence-electron chi connectivity index (χ3n) is 3.86. The number of ether oxygens (including phenoxy) is 2. The van der Waals surface area contributed by atoms with Crippen LogP contribution in [0.5, 0.6) is 11.5 Å². The summed E-state index contributed by atoms with van der Waals surface area (Å²) >= 11 is 0. The van der Waals surface area contributed by atoms with Crippen LogP contribution < -0.4 is 20.5 Å². The van der Waals surface area contributed by atoms with Crippen molar-refractivity contribution in [3.63, 3.8) is 0 Å². The zero-order valence-electron chi connectivity index (χ0n) is 13.7. The van der Waals surface area contributed by atoms with Crippen molar-refractivity contribution >= 4 is 5.91 Å². The van der Waals surface area contributed by atoms with E-state index >= 15 is 0 Å². The number of para-hydroxylation sites is 1. The first kappa shape index (κ1) is 15.9. The number of carbonyl (C=O) groups is 1. The van der Waals surface area contributed by atoms with E-state index in [4.69, 9.17) is 9.47 Å². The van der Waals surface area contributed by atoms with E-state index in [0.29, 0.717) is 23.7 Å². The second-order valence-electron chi connectivity index (χ2n) is 5.63. The standard InChI is InChI=1S/C17H15N5O4/c23-16(18-9-12-6-7-14-15(8-12)26-11-25-14)10-21-17(24)22(20-19-21)13-4-2-1-3-5-13/h1-8H,9-11H2,(H,18,23). The van der Waals surface area contributed by atoms with Crippen LogP contribution in [0.15, 0.2) is 53.3 Å². The highest BCUT2D eigenvalue weighted by atomic mass is 16.7. The molecule has 1 N–H and O–H groups in total. The topological polar surface area (TPSA) is 100 Å². The molecular formula is C17H15N5O4. The van der Waals surface area contributed by atoms with Crippen molar-refractivity contribution in [1.29, 1.82) is 0 Å². The highest BCUT2D eigenvalue weighted by Crippen LogP contribution is 2.32. The van der Waals surface area contributed by atoms with Gasteiger partial charge in [0, 0.05) is 6.54 Å². The molecule has 1 aromatic heterocycles. The zero-order valence-corrected chi connectivity index (χ0v) is 13.7. The number of fused-ring (bicyclic) bond motifs is 1. The molecule has 1 aliphatic rings. The summed E-state index contributed by atoms with van der Waals surface area (Å²) in [6.07, 6.45) is 0. The first-order valence-corrected chi connectivity index (χ1v) is 7.94. The normalized spacial score (nSPS) is 12.2. The number of carbonyl (C=O) groups excluding carboxylic acids is 1. The van der Waals surface area contributed by atoms with E-state index in [2.05, 4.69) is 15.7 Å². The minimum absolute atomic E-state index is 0.200. The number of hydrogen-bond acceptors (Lipinski definition) is 6. The quantitative estimate of drug-likeness (QED) is 0.716. The van der Waals surface area contributed by atoms with Gasteiger partial charge in [-0.2, -0.15) is 9.36 Å². The maximum Gasteiger partial charge on any atom is 0.368 e. The van der Waals surface area contributed by atoms with Gasteiger partial charge >= 0.3 is 5.69 Å². The van der Waals surface area contributed by atoms with Crippen LogP contribution in [0.4, 0.5) is 0 Å². The smallest absolute Gasteiger partial charge is 0.368 e. The van der Waals surface area contributed by atoms with Gasteiger partial charge in [0.25, 0.3) is 0 Å². The molecule has 0 unspecified atom stereocenters. The lowest BCUT2D eigenvalue weighted by Gasteiger charge is -2.05. The molecule has 0 atom stereocenters. The maximum atomic E-state index is 12.3. The molecule has 2 heterocycles. The van der Waals surface area contributed by atoms with Crippen molar-refractivity contribution in [2.75, 3.05) is 6.79 Å². The summed E-state index contributed by atoms with van der Waals surface area (Å²) in [4.78, 5) is 24.4. The van der Waals surface area contributed by atoms with Gasteiger partial charge in [0.1, 0.15) is 6.54 Å². The molecule has 9 heteroatoms. The van der Waals surface area contributed by atoms with Gasteiger partial charge in [-0.05, 0) is 40.3 Å². The summed E-state index contributed by atoms with van der Waals surface area (Å²) in [5, 5.41) is 10.3. The Morgan fingerprint density at radius 2 is 1.88 bits per heavy atom. The molecule has 0 fully saturated rings. The van der Waals surface area contributed by atoms with Crippen molar-refractivity contribution in [2.45, 2.75) is 13.1 Å². The van der Waals surface area contributed by atoms with E-state index in [1.54, 1.807) is 36.4 Å². The lowest BCUT2D eigenvalue weighted by molar-refractivity contribution is -0.122. The summed E-state index contributed by atoms with van der Waals surface area (Å²) in [7, 11) is 0. The average molecular weight is 353 g/mol. The molecular weight excluding hydrogens is 338 g/mol. The summed E-state index contributed by atoms with van der Waals surface area (Å²) in [6.45, 7) is 0.290. The Morgan fingerprint density at radius 1 is 1.08 bits per heavy atom. The first-order valence-electron chi connectivity index (χ1n) is 7.94. The second kappa shape index (κ2) is 6.71. The molecule has 0 saturated carbocycles. The van der Waals surface area contributed by atoms with Crippen LogP contribution >= 0.6 is 0 Å². The minimum Gasteiger partial charge on any atom is -0.454 e. The largest absolute Gasteiger partial charge is 0.454 e. The number of tetrazole rings is 1. The third kappa shape index (κ3) is 3.14. The van der Waals surface area contributed by atoms with Crippen LogP contribution in [0, 0.1) is 0 Å². The van der Waals surface area contributed by atoms with Crippen LogP contribution in [0.3, 0.4) is 0 Å². The first-order chi connectivity index (χ1) is 12.7. The third-order valence-corrected chi connectivity index (χ3v) is 3.86. The maximum absolute atomic E-state index is 12.3. The molecule has 0 bridgehead atoms. The second-order valence-corrected chi connectivity index (χ2v) is 5.63. The molecule has 0 spiro atoms. The Kier molecular flexibility index (Phi) is 4.10. The summed E-state index contributed by atoms with van der Waals surface area (Å²) in [6, 6.07) is 14.3. The van der Waals surface area contributed by atoms with Crippen LogP contribution in [0.25, 0.3) is 5.69 Å². The molecule has 0 saturated heterocycles. The summed E-state index contributed by atoms with van der Waals surface area (Å²) in [5.74, 6) is 0.993. The Morgan fingerprint density at radius 3 is 2.73 bits per heavy atom. The van der Waals surface area contributed by atoms with E-state index in [-0.39, 0.29) is 19.2 Å². The number of aromatic nitrogens is 4. The van der Waals surface area contributed by atoms with Crippen LogP contribution in [-0.2, 0) is 17.9 Å². The highest BCUT2D eigenvalue weighted by Gasteiger charge is 2.14. The predicted molar refractivity (Wildman–Crippen MR) is 90.0 cm³/mol. The van der Waals surface area contributed by atoms with E-state index in [9.17, 15) is 9.59 Å². The molecule has 0 radical (unpaired) electrons. The van der Waals surface area contributed by atoms with Gasteiger partial charge in [-0.25, -0.2) is 4.79 Å². The van der Waals surface area contributed by atoms with Crippen molar-refractivity contribution in [2.24, 2.45) is 0 Å². The number of hydrogen-bond donors (Lipinski definition) is 1. The van der Waals surface area contributed by atoms with Gasteiger partial charge < -0.3 is 14.8 Å². The fourth-order valence-corrected chi connectivity index (χ4v) is 2.55. The molecule has 26 heavy (non-hydrogen) atoms. The van der Waals surface area contributed by atoms with Crippen molar-refractivity contribution < 1.29 is 14.3 Å². The van der Waals surface area contributed by atoms with Crippen molar-refractivity contribution in [1.82, 2.24) is 25.1 Å². The predicted octanol–water partition coefficient (Wildman–Crippen LogP) is 0.474. The number of rotatable bonds is 5. The number of nitrogens with one attached hydrogen (secondary N) is 1. The molecule has 1 amide bonds. The molecule has 0 aliphatic carbocycles. The van der Waals surface area contributed by atoms with Crippen molar-refractivity contribution in [3.05, 3.63) is 64.6 Å². The number of nitrogens with zero attached hydrogens (tertiary/aromatic N) is 4. The monoisotopic (exact) mass is 353 g/mol. The molecule has 132 valence electrons. The molecule has 1 aliphatic heterocycles. The summed E-state index contributed by atoms with van der Waals surface area (Å²) in [5.41, 5.74) is 0.974. The lowest BCUT2D eigenvalue weighted by atomic mass is 10.2. The Bertz CT molecular complexity index is 996. The van der Waals surface area contributed by atoms with Crippen molar-refractivity contribution in [3.8, 4) is 17.2 Å². The molecule has 9 nitrogen and oxygen atoms in total. The van der Waals surface area contributed by atoms with Gasteiger partial charge in [-0.15, -0.1) is 0 Å². The van der Waals surface area contributed by atoms with E-state index in [1.807, 2.05) is 12.1 Å². The van der Waals surface area contributed by atoms with E-state index in [1.165, 1.54) is 0 Å². The van der Waals surface area contributed by atoms with Crippen LogP contribution in [0.1, 0.15) is 5.56 Å². The van der Waals surface area contributed by atoms with E-state index in [0.717, 1.165) is 14.9 Å². The number of benzene rings is 2. The van der Waals surface area contributed by atoms with Gasteiger partial charge in [0.05, 0.1) is 5.69 Å². The minimum atomic E-state index is -0.477. The SMILES string of the molecule is O=C(Cn1nnn(-c2ccccc2)c1=O)NCc1ccc2c(c1)OCO2. The number of amides is 1. The average Bonchev–Trinajstić information content (AvgIpc) is 3.27.